The Morgan fingerprint density at radius 2 is 1.79 bits per heavy atom. The Hall–Kier alpha value is -3.41. The largest absolute Gasteiger partial charge is 0.462 e. The van der Waals surface area contributed by atoms with E-state index in [0.717, 1.165) is 24.2 Å². The molecule has 0 atom stereocenters. The third-order valence-corrected chi connectivity index (χ3v) is 6.45. The lowest BCUT2D eigenvalue weighted by Gasteiger charge is -2.25. The number of aromatic nitrogens is 2. The zero-order valence-corrected chi connectivity index (χ0v) is 20.2. The van der Waals surface area contributed by atoms with Crippen molar-refractivity contribution in [2.24, 2.45) is 5.92 Å². The summed E-state index contributed by atoms with van der Waals surface area (Å²) >= 11 is 0. The molecule has 1 heterocycles. The summed E-state index contributed by atoms with van der Waals surface area (Å²) in [6.07, 6.45) is 8.77. The summed E-state index contributed by atoms with van der Waals surface area (Å²) in [4.78, 5) is 23.9. The fourth-order valence-corrected chi connectivity index (χ4v) is 4.61. The molecule has 1 aliphatic rings. The van der Waals surface area contributed by atoms with Crippen molar-refractivity contribution < 1.29 is 9.53 Å². The van der Waals surface area contributed by atoms with Gasteiger partial charge in [0.05, 0.1) is 6.61 Å². The van der Waals surface area contributed by atoms with E-state index in [-0.39, 0.29) is 0 Å². The number of anilines is 3. The number of benzene rings is 2. The number of nitrogens with one attached hydrogen (secondary N) is 1. The Labute approximate surface area is 202 Å². The lowest BCUT2D eigenvalue weighted by molar-refractivity contribution is 0.0526. The van der Waals surface area contributed by atoms with Gasteiger partial charge in [-0.05, 0) is 49.3 Å². The molecule has 2 aromatic carbocycles. The molecule has 3 aromatic rings. The van der Waals surface area contributed by atoms with Crippen molar-refractivity contribution in [3.05, 3.63) is 77.5 Å². The molecule has 0 aliphatic heterocycles. The number of esters is 1. The Morgan fingerprint density at radius 1 is 1.06 bits per heavy atom. The summed E-state index contributed by atoms with van der Waals surface area (Å²) in [6, 6.07) is 18.6. The van der Waals surface area contributed by atoms with Gasteiger partial charge in [0.15, 0.2) is 5.82 Å². The monoisotopic (exact) mass is 458 g/mol. The van der Waals surface area contributed by atoms with Crippen molar-refractivity contribution in [2.75, 3.05) is 30.4 Å². The number of rotatable bonds is 9. The number of nitrogens with zero attached hydrogens (tertiary/aromatic N) is 3. The maximum absolute atomic E-state index is 12.7. The Morgan fingerprint density at radius 3 is 2.56 bits per heavy atom. The van der Waals surface area contributed by atoms with Gasteiger partial charge in [-0.1, -0.05) is 67.8 Å². The average Bonchev–Trinajstić information content (AvgIpc) is 2.88. The molecule has 0 amide bonds. The quantitative estimate of drug-likeness (QED) is 0.397. The second kappa shape index (κ2) is 11.6. The number of carbonyl (C=O) groups excluding carboxylic acids is 1. The molecule has 4 rings (SSSR count). The predicted molar refractivity (Wildman–Crippen MR) is 137 cm³/mol. The summed E-state index contributed by atoms with van der Waals surface area (Å²) < 4.78 is 5.31. The van der Waals surface area contributed by atoms with Gasteiger partial charge in [0.2, 0.25) is 5.95 Å². The van der Waals surface area contributed by atoms with Crippen LogP contribution in [0.3, 0.4) is 0 Å². The number of carbonyl (C=O) groups is 1. The summed E-state index contributed by atoms with van der Waals surface area (Å²) in [6.45, 7) is 2.96. The Bertz CT molecular complexity index is 1080. The van der Waals surface area contributed by atoms with Crippen molar-refractivity contribution >= 4 is 23.4 Å². The van der Waals surface area contributed by atoms with Crippen LogP contribution in [-0.4, -0.2) is 36.1 Å². The van der Waals surface area contributed by atoms with Crippen LogP contribution in [0.4, 0.5) is 17.5 Å². The Balaban J connectivity index is 1.63. The van der Waals surface area contributed by atoms with E-state index in [2.05, 4.69) is 46.7 Å². The van der Waals surface area contributed by atoms with Crippen molar-refractivity contribution in [3.8, 4) is 0 Å². The van der Waals surface area contributed by atoms with Crippen LogP contribution in [0.2, 0.25) is 0 Å². The number of hydrogen-bond acceptors (Lipinski definition) is 6. The maximum atomic E-state index is 12.7. The first-order valence-corrected chi connectivity index (χ1v) is 12.3. The zero-order chi connectivity index (χ0) is 23.8. The third kappa shape index (κ3) is 5.93. The van der Waals surface area contributed by atoms with Gasteiger partial charge in [-0.2, -0.15) is 4.98 Å². The van der Waals surface area contributed by atoms with Crippen LogP contribution in [-0.2, 0) is 11.2 Å². The highest BCUT2D eigenvalue weighted by Crippen LogP contribution is 2.31. The summed E-state index contributed by atoms with van der Waals surface area (Å²) in [5.74, 6) is 1.32. The number of para-hydroxylation sites is 1. The van der Waals surface area contributed by atoms with Crippen LogP contribution in [0.5, 0.6) is 0 Å². The van der Waals surface area contributed by atoms with Crippen molar-refractivity contribution in [3.63, 3.8) is 0 Å². The van der Waals surface area contributed by atoms with E-state index in [9.17, 15) is 4.79 Å². The van der Waals surface area contributed by atoms with Gasteiger partial charge in [-0.3, -0.25) is 0 Å². The van der Waals surface area contributed by atoms with Gasteiger partial charge in [-0.25, -0.2) is 9.78 Å². The van der Waals surface area contributed by atoms with Crippen LogP contribution in [0, 0.1) is 5.92 Å². The standard InChI is InChI=1S/C28H34N4O2/c1-3-34-27(33)24-20-30-28(29-19-22-14-8-5-9-15-22)31-26(24)32(2)25-17-11-10-16-23(25)18-21-12-6-4-7-13-21/h4,6-7,10-13,16-17,20,22H,3,5,8-9,14-15,18-19H2,1-2H3,(H,29,30,31). The highest BCUT2D eigenvalue weighted by molar-refractivity contribution is 5.95. The average molecular weight is 459 g/mol. The first-order chi connectivity index (χ1) is 16.7. The molecule has 34 heavy (non-hydrogen) atoms. The molecule has 1 saturated carbocycles. The first-order valence-electron chi connectivity index (χ1n) is 12.3. The maximum Gasteiger partial charge on any atom is 0.343 e. The zero-order valence-electron chi connectivity index (χ0n) is 20.2. The smallest absolute Gasteiger partial charge is 0.343 e. The SMILES string of the molecule is CCOC(=O)c1cnc(NCC2CCCCC2)nc1N(C)c1ccccc1Cc1ccccc1. The van der Waals surface area contributed by atoms with Crippen molar-refractivity contribution in [2.45, 2.75) is 45.4 Å². The number of ether oxygens (including phenoxy) is 1. The van der Waals surface area contributed by atoms with E-state index in [1.54, 1.807) is 13.1 Å². The van der Waals surface area contributed by atoms with Gasteiger partial charge in [0, 0.05) is 25.5 Å². The van der Waals surface area contributed by atoms with E-state index in [1.807, 2.05) is 30.1 Å². The molecule has 0 radical (unpaired) electrons. The molecule has 1 aromatic heterocycles. The fraction of sp³-hybridized carbons (Fsp3) is 0.393. The van der Waals surface area contributed by atoms with E-state index in [4.69, 9.17) is 9.72 Å². The van der Waals surface area contributed by atoms with Crippen LogP contribution in [0.15, 0.2) is 60.8 Å². The van der Waals surface area contributed by atoms with Gasteiger partial charge in [0.25, 0.3) is 0 Å². The molecule has 178 valence electrons. The summed E-state index contributed by atoms with van der Waals surface area (Å²) in [7, 11) is 1.94. The van der Waals surface area contributed by atoms with Crippen LogP contribution in [0.25, 0.3) is 0 Å². The molecule has 0 spiro atoms. The van der Waals surface area contributed by atoms with Crippen molar-refractivity contribution in [1.82, 2.24) is 9.97 Å². The lowest BCUT2D eigenvalue weighted by atomic mass is 9.89. The molecule has 0 saturated heterocycles. The molecule has 1 N–H and O–H groups in total. The lowest BCUT2D eigenvalue weighted by Crippen LogP contribution is -2.22. The van der Waals surface area contributed by atoms with Gasteiger partial charge >= 0.3 is 5.97 Å². The minimum absolute atomic E-state index is 0.300. The van der Waals surface area contributed by atoms with E-state index in [0.29, 0.717) is 29.9 Å². The first kappa shape index (κ1) is 23.7. The second-order valence-corrected chi connectivity index (χ2v) is 8.89. The Kier molecular flexibility index (Phi) is 8.12. The minimum Gasteiger partial charge on any atom is -0.462 e. The fourth-order valence-electron chi connectivity index (χ4n) is 4.61. The molecule has 6 heteroatoms. The van der Waals surface area contributed by atoms with E-state index in [1.165, 1.54) is 37.7 Å². The third-order valence-electron chi connectivity index (χ3n) is 6.45. The van der Waals surface area contributed by atoms with Crippen LogP contribution in [0.1, 0.15) is 60.5 Å². The van der Waals surface area contributed by atoms with Gasteiger partial charge < -0.3 is 15.0 Å². The molecule has 6 nitrogen and oxygen atoms in total. The molecule has 1 aliphatic carbocycles. The summed E-state index contributed by atoms with van der Waals surface area (Å²) in [5, 5.41) is 3.41. The molecular weight excluding hydrogens is 424 g/mol. The van der Waals surface area contributed by atoms with Crippen molar-refractivity contribution in [1.29, 1.82) is 0 Å². The van der Waals surface area contributed by atoms with Gasteiger partial charge in [-0.15, -0.1) is 0 Å². The van der Waals surface area contributed by atoms with Crippen LogP contribution >= 0.6 is 0 Å². The van der Waals surface area contributed by atoms with Gasteiger partial charge in [0.1, 0.15) is 5.56 Å². The second-order valence-electron chi connectivity index (χ2n) is 8.89. The molecule has 1 fully saturated rings. The molecule has 0 bridgehead atoms. The van der Waals surface area contributed by atoms with E-state index < -0.39 is 5.97 Å². The minimum atomic E-state index is -0.413. The highest BCUT2D eigenvalue weighted by atomic mass is 16.5. The van der Waals surface area contributed by atoms with Crippen LogP contribution < -0.4 is 10.2 Å². The normalized spacial score (nSPS) is 13.9. The number of hydrogen-bond donors (Lipinski definition) is 1. The van der Waals surface area contributed by atoms with E-state index >= 15 is 0 Å². The topological polar surface area (TPSA) is 67.3 Å². The molecule has 0 unspecified atom stereocenters. The predicted octanol–water partition coefficient (Wildman–Crippen LogP) is 6.00. The molecular formula is C28H34N4O2. The highest BCUT2D eigenvalue weighted by Gasteiger charge is 2.22. The summed E-state index contributed by atoms with van der Waals surface area (Å²) in [5.41, 5.74) is 3.74.